The minimum Gasteiger partial charge on any atom is -0.491 e. The fourth-order valence-corrected chi connectivity index (χ4v) is 5.08. The van der Waals surface area contributed by atoms with E-state index in [0.717, 1.165) is 54.1 Å². The van der Waals surface area contributed by atoms with Gasteiger partial charge in [0.25, 0.3) is 0 Å². The molecule has 0 spiro atoms. The number of carbonyl (C=O) groups excluding carboxylic acids is 1. The van der Waals surface area contributed by atoms with E-state index >= 15 is 0 Å². The van der Waals surface area contributed by atoms with Crippen molar-refractivity contribution in [3.63, 3.8) is 0 Å². The Kier molecular flexibility index (Phi) is 5.19. The smallest absolute Gasteiger partial charge is 0.223 e. The van der Waals surface area contributed by atoms with Gasteiger partial charge in [0.05, 0.1) is 17.6 Å². The molecular formula is C25H29N3O2. The van der Waals surface area contributed by atoms with Gasteiger partial charge in [-0.3, -0.25) is 4.79 Å². The highest BCUT2D eigenvalue weighted by molar-refractivity contribution is 5.81. The predicted molar refractivity (Wildman–Crippen MR) is 118 cm³/mol. The van der Waals surface area contributed by atoms with Crippen molar-refractivity contribution < 1.29 is 9.53 Å². The topological polar surface area (TPSA) is 47.4 Å². The van der Waals surface area contributed by atoms with E-state index in [-0.39, 0.29) is 5.92 Å². The normalized spacial score (nSPS) is 19.8. The summed E-state index contributed by atoms with van der Waals surface area (Å²) in [4.78, 5) is 19.9. The third-order valence-electron chi connectivity index (χ3n) is 6.64. The molecule has 5 rings (SSSR count). The van der Waals surface area contributed by atoms with E-state index in [1.165, 1.54) is 12.8 Å². The molecule has 1 unspecified atom stereocenters. The fourth-order valence-electron chi connectivity index (χ4n) is 5.08. The Labute approximate surface area is 177 Å². The van der Waals surface area contributed by atoms with Gasteiger partial charge in [-0.25, -0.2) is 4.98 Å². The van der Waals surface area contributed by atoms with Crippen LogP contribution in [-0.2, 0) is 11.3 Å². The summed E-state index contributed by atoms with van der Waals surface area (Å²) in [5.74, 6) is 2.40. The summed E-state index contributed by atoms with van der Waals surface area (Å²) in [7, 11) is 0. The Morgan fingerprint density at radius 3 is 2.67 bits per heavy atom. The molecule has 1 atom stereocenters. The average molecular weight is 404 g/mol. The maximum Gasteiger partial charge on any atom is 0.223 e. The largest absolute Gasteiger partial charge is 0.491 e. The van der Waals surface area contributed by atoms with Crippen molar-refractivity contribution >= 4 is 16.9 Å². The standard InChI is InChI=1S/C25H29N3O2/c1-18-8-2-7-13-23(18)30-15-14-27-22-12-6-5-11-21(22)26-25(27)19-16-24(29)28(17-19)20-9-3-4-10-20/h2,5-8,11-13,19-20H,3-4,9-10,14-17H2,1H3. The van der Waals surface area contributed by atoms with Gasteiger partial charge in [-0.05, 0) is 43.5 Å². The van der Waals surface area contributed by atoms with Gasteiger partial charge < -0.3 is 14.2 Å². The number of para-hydroxylation sites is 3. The molecule has 5 heteroatoms. The highest BCUT2D eigenvalue weighted by atomic mass is 16.5. The summed E-state index contributed by atoms with van der Waals surface area (Å²) >= 11 is 0. The SMILES string of the molecule is Cc1ccccc1OCCn1c(C2CC(=O)N(C3CCCC3)C2)nc2ccccc21. The molecule has 5 nitrogen and oxygen atoms in total. The molecule has 2 aliphatic rings. The number of aromatic nitrogens is 2. The first-order chi connectivity index (χ1) is 14.7. The Morgan fingerprint density at radius 1 is 1.07 bits per heavy atom. The highest BCUT2D eigenvalue weighted by Crippen LogP contribution is 2.35. The molecule has 2 aromatic carbocycles. The van der Waals surface area contributed by atoms with Gasteiger partial charge in [0.15, 0.2) is 0 Å². The van der Waals surface area contributed by atoms with Gasteiger partial charge in [-0.2, -0.15) is 0 Å². The Bertz CT molecular complexity index is 1050. The average Bonchev–Trinajstić information content (AvgIpc) is 3.48. The first kappa shape index (κ1) is 19.2. The van der Waals surface area contributed by atoms with Crippen LogP contribution in [-0.4, -0.2) is 39.6 Å². The van der Waals surface area contributed by atoms with Gasteiger partial charge in [0, 0.05) is 24.9 Å². The van der Waals surface area contributed by atoms with E-state index in [1.54, 1.807) is 0 Å². The lowest BCUT2D eigenvalue weighted by molar-refractivity contribution is -0.129. The third-order valence-corrected chi connectivity index (χ3v) is 6.64. The molecule has 1 saturated carbocycles. The van der Waals surface area contributed by atoms with Crippen LogP contribution in [0.5, 0.6) is 5.75 Å². The quantitative estimate of drug-likeness (QED) is 0.600. The Morgan fingerprint density at radius 2 is 1.83 bits per heavy atom. The van der Waals surface area contributed by atoms with Gasteiger partial charge in [-0.1, -0.05) is 43.2 Å². The number of benzene rings is 2. The number of hydrogen-bond acceptors (Lipinski definition) is 3. The van der Waals surface area contributed by atoms with E-state index < -0.39 is 0 Å². The van der Waals surface area contributed by atoms with Crippen LogP contribution in [0.2, 0.25) is 0 Å². The Hall–Kier alpha value is -2.82. The first-order valence-corrected chi connectivity index (χ1v) is 11.1. The number of fused-ring (bicyclic) bond motifs is 1. The second-order valence-electron chi connectivity index (χ2n) is 8.61. The van der Waals surface area contributed by atoms with Crippen molar-refractivity contribution in [1.82, 2.24) is 14.5 Å². The Balaban J connectivity index is 1.38. The van der Waals surface area contributed by atoms with E-state index in [0.29, 0.717) is 25.0 Å². The molecule has 1 aliphatic heterocycles. The number of hydrogen-bond donors (Lipinski definition) is 0. The molecule has 2 fully saturated rings. The molecule has 0 radical (unpaired) electrons. The second-order valence-corrected chi connectivity index (χ2v) is 8.61. The van der Waals surface area contributed by atoms with Crippen molar-refractivity contribution in [1.29, 1.82) is 0 Å². The first-order valence-electron chi connectivity index (χ1n) is 11.1. The minimum atomic E-state index is 0.156. The molecule has 1 saturated heterocycles. The van der Waals surface area contributed by atoms with Crippen molar-refractivity contribution in [3.8, 4) is 5.75 Å². The van der Waals surface area contributed by atoms with Crippen molar-refractivity contribution in [2.75, 3.05) is 13.2 Å². The lowest BCUT2D eigenvalue weighted by atomic mass is 10.1. The summed E-state index contributed by atoms with van der Waals surface area (Å²) in [6, 6.07) is 16.8. The van der Waals surface area contributed by atoms with Crippen molar-refractivity contribution in [2.24, 2.45) is 0 Å². The number of nitrogens with zero attached hydrogens (tertiary/aromatic N) is 3. The minimum absolute atomic E-state index is 0.156. The van der Waals surface area contributed by atoms with Crippen LogP contribution < -0.4 is 4.74 Å². The van der Waals surface area contributed by atoms with Crippen LogP contribution in [0.4, 0.5) is 0 Å². The van der Waals surface area contributed by atoms with Gasteiger partial charge in [0.1, 0.15) is 18.2 Å². The fraction of sp³-hybridized carbons (Fsp3) is 0.440. The van der Waals surface area contributed by atoms with E-state index in [9.17, 15) is 4.79 Å². The van der Waals surface area contributed by atoms with Crippen molar-refractivity contribution in [2.45, 2.75) is 57.5 Å². The summed E-state index contributed by atoms with van der Waals surface area (Å²) in [5.41, 5.74) is 3.25. The number of imidazole rings is 1. The molecule has 3 aromatic rings. The van der Waals surface area contributed by atoms with E-state index in [1.807, 2.05) is 24.3 Å². The van der Waals surface area contributed by atoms with E-state index in [2.05, 4.69) is 40.7 Å². The van der Waals surface area contributed by atoms with Crippen molar-refractivity contribution in [3.05, 3.63) is 59.9 Å². The molecule has 2 heterocycles. The molecule has 0 N–H and O–H groups in total. The summed E-state index contributed by atoms with van der Waals surface area (Å²) < 4.78 is 8.34. The second kappa shape index (κ2) is 8.13. The van der Waals surface area contributed by atoms with Crippen LogP contribution in [0.15, 0.2) is 48.5 Å². The zero-order valence-electron chi connectivity index (χ0n) is 17.6. The van der Waals surface area contributed by atoms with E-state index in [4.69, 9.17) is 9.72 Å². The third kappa shape index (κ3) is 3.57. The molecular weight excluding hydrogens is 374 g/mol. The number of likely N-dealkylation sites (tertiary alicyclic amines) is 1. The van der Waals surface area contributed by atoms with Gasteiger partial charge in [0.2, 0.25) is 5.91 Å². The molecule has 1 aliphatic carbocycles. The maximum atomic E-state index is 12.8. The van der Waals surface area contributed by atoms with Gasteiger partial charge in [-0.15, -0.1) is 0 Å². The number of carbonyl (C=O) groups is 1. The number of rotatable bonds is 6. The maximum absolute atomic E-state index is 12.8. The number of amides is 1. The monoisotopic (exact) mass is 403 g/mol. The van der Waals surface area contributed by atoms with Crippen LogP contribution in [0.1, 0.15) is 49.4 Å². The summed E-state index contributed by atoms with van der Waals surface area (Å²) in [6.07, 6.45) is 5.36. The zero-order valence-corrected chi connectivity index (χ0v) is 17.6. The lowest BCUT2D eigenvalue weighted by Gasteiger charge is -2.24. The summed E-state index contributed by atoms with van der Waals surface area (Å²) in [6.45, 7) is 4.16. The van der Waals surface area contributed by atoms with Gasteiger partial charge >= 0.3 is 0 Å². The molecule has 0 bridgehead atoms. The zero-order chi connectivity index (χ0) is 20.5. The summed E-state index contributed by atoms with van der Waals surface area (Å²) in [5, 5.41) is 0. The van der Waals surface area contributed by atoms with Crippen LogP contribution in [0.25, 0.3) is 11.0 Å². The number of aryl methyl sites for hydroxylation is 1. The predicted octanol–water partition coefficient (Wildman–Crippen LogP) is 4.68. The van der Waals surface area contributed by atoms with Crippen LogP contribution in [0.3, 0.4) is 0 Å². The molecule has 1 amide bonds. The number of ether oxygens (including phenoxy) is 1. The highest BCUT2D eigenvalue weighted by Gasteiger charge is 2.38. The van der Waals surface area contributed by atoms with Crippen LogP contribution in [0, 0.1) is 6.92 Å². The molecule has 30 heavy (non-hydrogen) atoms. The molecule has 156 valence electrons. The van der Waals surface area contributed by atoms with Crippen LogP contribution >= 0.6 is 0 Å². The lowest BCUT2D eigenvalue weighted by Crippen LogP contribution is -2.34. The molecule has 1 aromatic heterocycles.